The van der Waals surface area contributed by atoms with Crippen molar-refractivity contribution in [2.45, 2.75) is 51.7 Å². The minimum Gasteiger partial charge on any atom is -0.359 e. The van der Waals surface area contributed by atoms with Crippen LogP contribution in [0.3, 0.4) is 0 Å². The van der Waals surface area contributed by atoms with Gasteiger partial charge in [0.05, 0.1) is 11.3 Å². The molecular weight excluding hydrogens is 257 g/mol. The lowest BCUT2D eigenvalue weighted by Gasteiger charge is -2.33. The molecule has 1 amide bonds. The van der Waals surface area contributed by atoms with E-state index in [1.165, 1.54) is 0 Å². The van der Waals surface area contributed by atoms with E-state index in [1.54, 1.807) is 20.9 Å². The van der Waals surface area contributed by atoms with Crippen molar-refractivity contribution in [1.29, 1.82) is 0 Å². The van der Waals surface area contributed by atoms with E-state index in [2.05, 4.69) is 10.6 Å². The molecular formula is C13H23F3N2O. The summed E-state index contributed by atoms with van der Waals surface area (Å²) in [6.45, 7) is 3.95. The standard InChI is InChI=1S/C13H23F3N2O/c1-12(2,11(19)17-3)8-18-10-6-4-5-9(7-10)13(14,15)16/h9-10,18H,4-8H2,1-3H3,(H,17,19). The number of halogens is 3. The minimum absolute atomic E-state index is 0.108. The molecule has 0 saturated heterocycles. The Morgan fingerprint density at radius 1 is 1.26 bits per heavy atom. The van der Waals surface area contributed by atoms with Gasteiger partial charge in [0, 0.05) is 19.6 Å². The zero-order valence-corrected chi connectivity index (χ0v) is 11.7. The first-order valence-corrected chi connectivity index (χ1v) is 6.69. The van der Waals surface area contributed by atoms with Crippen molar-refractivity contribution < 1.29 is 18.0 Å². The Bertz CT molecular complexity index is 316. The number of nitrogens with one attached hydrogen (secondary N) is 2. The molecule has 0 aliphatic heterocycles. The maximum atomic E-state index is 12.7. The molecule has 0 bridgehead atoms. The van der Waals surface area contributed by atoms with Crippen LogP contribution in [0.5, 0.6) is 0 Å². The predicted octanol–water partition coefficient (Wildman–Crippen LogP) is 2.47. The van der Waals surface area contributed by atoms with Crippen molar-refractivity contribution in [3.8, 4) is 0 Å². The van der Waals surface area contributed by atoms with Crippen LogP contribution >= 0.6 is 0 Å². The average Bonchev–Trinajstić information content (AvgIpc) is 2.35. The van der Waals surface area contributed by atoms with Crippen LogP contribution in [-0.2, 0) is 4.79 Å². The fourth-order valence-corrected chi connectivity index (χ4v) is 2.49. The Hall–Kier alpha value is -0.780. The van der Waals surface area contributed by atoms with Crippen molar-refractivity contribution in [2.24, 2.45) is 11.3 Å². The van der Waals surface area contributed by atoms with Crippen LogP contribution in [0.25, 0.3) is 0 Å². The van der Waals surface area contributed by atoms with Crippen LogP contribution in [0, 0.1) is 11.3 Å². The molecule has 2 atom stereocenters. The summed E-state index contributed by atoms with van der Waals surface area (Å²) in [5.41, 5.74) is -0.611. The van der Waals surface area contributed by atoms with Crippen LogP contribution in [0.15, 0.2) is 0 Å². The van der Waals surface area contributed by atoms with E-state index >= 15 is 0 Å². The highest BCUT2D eigenvalue weighted by Gasteiger charge is 2.42. The van der Waals surface area contributed by atoms with Crippen molar-refractivity contribution in [3.05, 3.63) is 0 Å². The van der Waals surface area contributed by atoms with Crippen LogP contribution < -0.4 is 10.6 Å². The monoisotopic (exact) mass is 280 g/mol. The molecule has 19 heavy (non-hydrogen) atoms. The van der Waals surface area contributed by atoms with Crippen LogP contribution in [-0.4, -0.2) is 31.7 Å². The molecule has 1 aliphatic rings. The summed E-state index contributed by atoms with van der Waals surface area (Å²) in [7, 11) is 1.56. The lowest BCUT2D eigenvalue weighted by atomic mass is 9.84. The van der Waals surface area contributed by atoms with Crippen molar-refractivity contribution in [3.63, 3.8) is 0 Å². The third kappa shape index (κ3) is 4.67. The second-order valence-electron chi connectivity index (χ2n) is 5.95. The number of hydrogen-bond donors (Lipinski definition) is 2. The van der Waals surface area contributed by atoms with Crippen LogP contribution in [0.2, 0.25) is 0 Å². The van der Waals surface area contributed by atoms with Crippen molar-refractivity contribution in [1.82, 2.24) is 10.6 Å². The second-order valence-corrected chi connectivity index (χ2v) is 5.95. The molecule has 1 rings (SSSR count). The van der Waals surface area contributed by atoms with Crippen molar-refractivity contribution in [2.75, 3.05) is 13.6 Å². The number of amides is 1. The molecule has 0 heterocycles. The lowest BCUT2D eigenvalue weighted by molar-refractivity contribution is -0.183. The average molecular weight is 280 g/mol. The van der Waals surface area contributed by atoms with E-state index in [1.807, 2.05) is 0 Å². The fourth-order valence-electron chi connectivity index (χ4n) is 2.49. The van der Waals surface area contributed by atoms with E-state index in [0.29, 0.717) is 13.0 Å². The lowest BCUT2D eigenvalue weighted by Crippen LogP contribution is -2.47. The summed E-state index contributed by atoms with van der Waals surface area (Å²) in [6, 6.07) is -0.149. The van der Waals surface area contributed by atoms with Gasteiger partial charge in [-0.25, -0.2) is 0 Å². The number of carbonyl (C=O) groups is 1. The Kier molecular flexibility index (Phi) is 5.24. The summed E-state index contributed by atoms with van der Waals surface area (Å²) in [4.78, 5) is 11.6. The zero-order chi connectivity index (χ0) is 14.7. The molecule has 0 aromatic carbocycles. The SMILES string of the molecule is CNC(=O)C(C)(C)CNC1CCCC(C(F)(F)F)C1. The first-order chi connectivity index (χ1) is 8.66. The quantitative estimate of drug-likeness (QED) is 0.830. The maximum absolute atomic E-state index is 12.7. The van der Waals surface area contributed by atoms with E-state index in [4.69, 9.17) is 0 Å². The Balaban J connectivity index is 2.48. The minimum atomic E-state index is -4.10. The van der Waals surface area contributed by atoms with Gasteiger partial charge < -0.3 is 10.6 Å². The van der Waals surface area contributed by atoms with Gasteiger partial charge in [-0.3, -0.25) is 4.79 Å². The molecule has 1 aliphatic carbocycles. The Morgan fingerprint density at radius 2 is 1.89 bits per heavy atom. The third-order valence-corrected chi connectivity index (χ3v) is 3.81. The largest absolute Gasteiger partial charge is 0.391 e. The van der Waals surface area contributed by atoms with Gasteiger partial charge in [0.25, 0.3) is 0 Å². The van der Waals surface area contributed by atoms with Crippen molar-refractivity contribution >= 4 is 5.91 Å². The zero-order valence-electron chi connectivity index (χ0n) is 11.7. The summed E-state index contributed by atoms with van der Waals surface area (Å²) < 4.78 is 38.0. The highest BCUT2D eigenvalue weighted by atomic mass is 19.4. The second kappa shape index (κ2) is 6.11. The van der Waals surface area contributed by atoms with Gasteiger partial charge in [0.2, 0.25) is 5.91 Å². The highest BCUT2D eigenvalue weighted by molar-refractivity contribution is 5.81. The molecule has 3 nitrogen and oxygen atoms in total. The van der Waals surface area contributed by atoms with E-state index in [-0.39, 0.29) is 24.8 Å². The molecule has 1 fully saturated rings. The summed E-state index contributed by atoms with van der Waals surface area (Å²) in [5, 5.41) is 5.69. The number of alkyl halides is 3. The molecule has 0 aromatic heterocycles. The molecule has 0 aromatic rings. The molecule has 112 valence electrons. The smallest absolute Gasteiger partial charge is 0.359 e. The Labute approximate surface area is 112 Å². The normalized spacial score (nSPS) is 25.2. The number of carbonyl (C=O) groups excluding carboxylic acids is 1. The van der Waals surface area contributed by atoms with E-state index in [9.17, 15) is 18.0 Å². The Morgan fingerprint density at radius 3 is 2.42 bits per heavy atom. The van der Waals surface area contributed by atoms with Gasteiger partial charge in [0.1, 0.15) is 0 Å². The molecule has 6 heteroatoms. The topological polar surface area (TPSA) is 41.1 Å². The van der Waals surface area contributed by atoms with Gasteiger partial charge in [-0.2, -0.15) is 13.2 Å². The number of hydrogen-bond acceptors (Lipinski definition) is 2. The predicted molar refractivity (Wildman–Crippen MR) is 67.7 cm³/mol. The summed E-state index contributed by atoms with van der Waals surface area (Å²) in [5.74, 6) is -1.31. The highest BCUT2D eigenvalue weighted by Crippen LogP contribution is 2.37. The van der Waals surface area contributed by atoms with E-state index in [0.717, 1.165) is 6.42 Å². The molecule has 1 saturated carbocycles. The number of rotatable bonds is 4. The third-order valence-electron chi connectivity index (χ3n) is 3.81. The molecule has 0 spiro atoms. The van der Waals surface area contributed by atoms with Gasteiger partial charge >= 0.3 is 6.18 Å². The van der Waals surface area contributed by atoms with Gasteiger partial charge in [-0.1, -0.05) is 6.42 Å². The maximum Gasteiger partial charge on any atom is 0.391 e. The van der Waals surface area contributed by atoms with Gasteiger partial charge in [-0.05, 0) is 33.1 Å². The van der Waals surface area contributed by atoms with Gasteiger partial charge in [0.15, 0.2) is 0 Å². The van der Waals surface area contributed by atoms with E-state index < -0.39 is 17.5 Å². The van der Waals surface area contributed by atoms with Crippen LogP contribution in [0.1, 0.15) is 39.5 Å². The molecule has 2 N–H and O–H groups in total. The summed E-state index contributed by atoms with van der Waals surface area (Å²) in [6.07, 6.45) is -2.43. The van der Waals surface area contributed by atoms with Gasteiger partial charge in [-0.15, -0.1) is 0 Å². The first kappa shape index (κ1) is 16.3. The molecule has 2 unspecified atom stereocenters. The molecule has 0 radical (unpaired) electrons. The first-order valence-electron chi connectivity index (χ1n) is 6.69. The summed E-state index contributed by atoms with van der Waals surface area (Å²) >= 11 is 0. The van der Waals surface area contributed by atoms with Crippen LogP contribution in [0.4, 0.5) is 13.2 Å². The fraction of sp³-hybridized carbons (Fsp3) is 0.923.